The summed E-state index contributed by atoms with van der Waals surface area (Å²) in [5.74, 6) is -0.534. The molecule has 0 spiro atoms. The molecule has 1 fully saturated rings. The SMILES string of the molecule is C=CCC1CC[C@@H](c2ccc(Cl)cc2)N(CC(=O)OC)C1=O. The zero-order valence-electron chi connectivity index (χ0n) is 12.6. The van der Waals surface area contributed by atoms with Crippen molar-refractivity contribution in [3.63, 3.8) is 0 Å². The number of carbonyl (C=O) groups is 2. The van der Waals surface area contributed by atoms with Gasteiger partial charge in [0.2, 0.25) is 5.91 Å². The van der Waals surface area contributed by atoms with Crippen molar-refractivity contribution in [3.05, 3.63) is 47.5 Å². The van der Waals surface area contributed by atoms with E-state index in [0.29, 0.717) is 11.4 Å². The fourth-order valence-corrected chi connectivity index (χ4v) is 3.00. The van der Waals surface area contributed by atoms with Crippen LogP contribution in [-0.4, -0.2) is 30.4 Å². The van der Waals surface area contributed by atoms with Gasteiger partial charge in [0.1, 0.15) is 6.54 Å². The Morgan fingerprint density at radius 3 is 2.68 bits per heavy atom. The van der Waals surface area contributed by atoms with Crippen molar-refractivity contribution in [1.29, 1.82) is 0 Å². The molecule has 5 heteroatoms. The van der Waals surface area contributed by atoms with Crippen molar-refractivity contribution >= 4 is 23.5 Å². The summed E-state index contributed by atoms with van der Waals surface area (Å²) in [7, 11) is 1.33. The lowest BCUT2D eigenvalue weighted by Gasteiger charge is -2.38. The first-order chi connectivity index (χ1) is 10.6. The van der Waals surface area contributed by atoms with Gasteiger partial charge in [-0.2, -0.15) is 0 Å². The second kappa shape index (κ2) is 7.45. The molecule has 1 aromatic carbocycles. The first kappa shape index (κ1) is 16.6. The number of carbonyl (C=O) groups excluding carboxylic acids is 2. The number of benzene rings is 1. The summed E-state index contributed by atoms with van der Waals surface area (Å²) in [6.45, 7) is 3.67. The quantitative estimate of drug-likeness (QED) is 0.617. The number of amides is 1. The van der Waals surface area contributed by atoms with Crippen molar-refractivity contribution in [2.24, 2.45) is 5.92 Å². The average molecular weight is 322 g/mol. The highest BCUT2D eigenvalue weighted by Crippen LogP contribution is 2.35. The smallest absolute Gasteiger partial charge is 0.325 e. The van der Waals surface area contributed by atoms with Crippen LogP contribution in [0.15, 0.2) is 36.9 Å². The van der Waals surface area contributed by atoms with Crippen molar-refractivity contribution in [3.8, 4) is 0 Å². The molecule has 2 rings (SSSR count). The van der Waals surface area contributed by atoms with Gasteiger partial charge in [-0.1, -0.05) is 29.8 Å². The predicted molar refractivity (Wildman–Crippen MR) is 85.5 cm³/mol. The topological polar surface area (TPSA) is 46.6 Å². The summed E-state index contributed by atoms with van der Waals surface area (Å²) < 4.78 is 4.73. The van der Waals surface area contributed by atoms with E-state index in [9.17, 15) is 9.59 Å². The molecular formula is C17H20ClNO3. The van der Waals surface area contributed by atoms with Crippen molar-refractivity contribution < 1.29 is 14.3 Å². The van der Waals surface area contributed by atoms with Gasteiger partial charge < -0.3 is 9.64 Å². The molecule has 1 aliphatic rings. The summed E-state index contributed by atoms with van der Waals surface area (Å²) in [5, 5.41) is 0.648. The number of hydrogen-bond donors (Lipinski definition) is 0. The monoisotopic (exact) mass is 321 g/mol. The van der Waals surface area contributed by atoms with Gasteiger partial charge in [0.15, 0.2) is 0 Å². The lowest BCUT2D eigenvalue weighted by molar-refractivity contribution is -0.153. The van der Waals surface area contributed by atoms with Crippen LogP contribution in [0.4, 0.5) is 0 Å². The second-order valence-corrected chi connectivity index (χ2v) is 5.84. The molecule has 1 unspecified atom stereocenters. The van der Waals surface area contributed by atoms with E-state index in [1.807, 2.05) is 12.1 Å². The van der Waals surface area contributed by atoms with Crippen LogP contribution in [0.2, 0.25) is 5.02 Å². The highest BCUT2D eigenvalue weighted by Gasteiger charge is 2.36. The number of halogens is 1. The van der Waals surface area contributed by atoms with Gasteiger partial charge in [-0.15, -0.1) is 6.58 Å². The Bertz CT molecular complexity index is 556. The Morgan fingerprint density at radius 1 is 1.41 bits per heavy atom. The standard InChI is InChI=1S/C17H20ClNO3/c1-3-4-13-7-10-15(12-5-8-14(18)9-6-12)19(17(13)21)11-16(20)22-2/h3,5-6,8-9,13,15H,1,4,7,10-11H2,2H3/t13?,15-/m0/s1. The Labute approximate surface area is 135 Å². The van der Waals surface area contributed by atoms with Crippen LogP contribution in [0.3, 0.4) is 0 Å². The zero-order valence-corrected chi connectivity index (χ0v) is 13.4. The molecule has 4 nitrogen and oxygen atoms in total. The van der Waals surface area contributed by atoms with Crippen molar-refractivity contribution in [2.45, 2.75) is 25.3 Å². The van der Waals surface area contributed by atoms with E-state index in [4.69, 9.17) is 16.3 Å². The molecule has 1 saturated heterocycles. The molecule has 1 aliphatic heterocycles. The lowest BCUT2D eigenvalue weighted by Crippen LogP contribution is -2.46. The number of piperidine rings is 1. The van der Waals surface area contributed by atoms with Gasteiger partial charge in [-0.3, -0.25) is 9.59 Å². The van der Waals surface area contributed by atoms with Crippen LogP contribution in [0.5, 0.6) is 0 Å². The van der Waals surface area contributed by atoms with Gasteiger partial charge in [0.25, 0.3) is 0 Å². The van der Waals surface area contributed by atoms with Crippen LogP contribution in [0, 0.1) is 5.92 Å². The van der Waals surface area contributed by atoms with Crippen molar-refractivity contribution in [2.75, 3.05) is 13.7 Å². The summed E-state index contributed by atoms with van der Waals surface area (Å²) in [5.41, 5.74) is 0.985. The minimum atomic E-state index is -0.411. The fourth-order valence-electron chi connectivity index (χ4n) is 2.87. The van der Waals surface area contributed by atoms with Crippen LogP contribution >= 0.6 is 11.6 Å². The molecule has 1 heterocycles. The normalized spacial score (nSPS) is 21.5. The Kier molecular flexibility index (Phi) is 5.61. The summed E-state index contributed by atoms with van der Waals surface area (Å²) >= 11 is 5.92. The predicted octanol–water partition coefficient (Wildman–Crippen LogP) is 3.37. The zero-order chi connectivity index (χ0) is 16.1. The number of likely N-dealkylation sites (tertiary alicyclic amines) is 1. The van der Waals surface area contributed by atoms with Crippen molar-refractivity contribution in [1.82, 2.24) is 4.90 Å². The van der Waals surface area contributed by atoms with Crippen LogP contribution in [-0.2, 0) is 14.3 Å². The molecule has 1 amide bonds. The molecule has 22 heavy (non-hydrogen) atoms. The maximum atomic E-state index is 12.7. The minimum Gasteiger partial charge on any atom is -0.468 e. The third-order valence-electron chi connectivity index (χ3n) is 4.03. The van der Waals surface area contributed by atoms with Gasteiger partial charge >= 0.3 is 5.97 Å². The van der Waals surface area contributed by atoms with Gasteiger partial charge in [-0.05, 0) is 37.0 Å². The van der Waals surface area contributed by atoms with Crippen LogP contribution in [0.25, 0.3) is 0 Å². The first-order valence-electron chi connectivity index (χ1n) is 7.30. The summed E-state index contributed by atoms with van der Waals surface area (Å²) in [4.78, 5) is 25.9. The maximum Gasteiger partial charge on any atom is 0.325 e. The Morgan fingerprint density at radius 2 is 2.09 bits per heavy atom. The minimum absolute atomic E-state index is 0.0171. The molecule has 0 N–H and O–H groups in total. The third-order valence-corrected chi connectivity index (χ3v) is 4.28. The van der Waals surface area contributed by atoms with Gasteiger partial charge in [-0.25, -0.2) is 0 Å². The van der Waals surface area contributed by atoms with E-state index in [1.54, 1.807) is 23.1 Å². The van der Waals surface area contributed by atoms with E-state index in [-0.39, 0.29) is 24.4 Å². The molecule has 2 atom stereocenters. The van der Waals surface area contributed by atoms with E-state index in [2.05, 4.69) is 6.58 Å². The number of esters is 1. The largest absolute Gasteiger partial charge is 0.468 e. The molecule has 0 aliphatic carbocycles. The third kappa shape index (κ3) is 3.69. The molecule has 0 bridgehead atoms. The van der Waals surface area contributed by atoms with Gasteiger partial charge in [0.05, 0.1) is 13.2 Å². The van der Waals surface area contributed by atoms with E-state index in [0.717, 1.165) is 18.4 Å². The van der Waals surface area contributed by atoms with E-state index < -0.39 is 5.97 Å². The van der Waals surface area contributed by atoms with E-state index >= 15 is 0 Å². The molecule has 0 aromatic heterocycles. The highest BCUT2D eigenvalue weighted by atomic mass is 35.5. The Hall–Kier alpha value is -1.81. The maximum absolute atomic E-state index is 12.7. The van der Waals surface area contributed by atoms with Crippen LogP contribution in [0.1, 0.15) is 30.9 Å². The molecule has 0 saturated carbocycles. The number of rotatable bonds is 5. The molecule has 0 radical (unpaired) electrons. The number of methoxy groups -OCH3 is 1. The highest BCUT2D eigenvalue weighted by molar-refractivity contribution is 6.30. The average Bonchev–Trinajstić information content (AvgIpc) is 2.52. The number of nitrogens with zero attached hydrogens (tertiary/aromatic N) is 1. The summed E-state index contributed by atoms with van der Waals surface area (Å²) in [6, 6.07) is 7.28. The number of hydrogen-bond acceptors (Lipinski definition) is 3. The summed E-state index contributed by atoms with van der Waals surface area (Å²) in [6.07, 6.45) is 3.98. The molecular weight excluding hydrogens is 302 g/mol. The molecule has 118 valence electrons. The first-order valence-corrected chi connectivity index (χ1v) is 7.68. The number of allylic oxidation sites excluding steroid dienone is 1. The van der Waals surface area contributed by atoms with Gasteiger partial charge in [0, 0.05) is 10.9 Å². The lowest BCUT2D eigenvalue weighted by atomic mass is 9.86. The van der Waals surface area contributed by atoms with Crippen LogP contribution < -0.4 is 0 Å². The fraction of sp³-hybridized carbons (Fsp3) is 0.412. The number of ether oxygens (including phenoxy) is 1. The molecule has 1 aromatic rings. The second-order valence-electron chi connectivity index (χ2n) is 5.41. The van der Waals surface area contributed by atoms with E-state index in [1.165, 1.54) is 7.11 Å². The Balaban J connectivity index is 2.26.